The first-order chi connectivity index (χ1) is 9.63. The molecule has 1 aliphatic carbocycles. The van der Waals surface area contributed by atoms with Crippen LogP contribution in [0.25, 0.3) is 0 Å². The molecule has 0 heterocycles. The summed E-state index contributed by atoms with van der Waals surface area (Å²) in [6, 6.07) is 0. The third kappa shape index (κ3) is 6.96. The Bertz CT molecular complexity index is 377. The molecule has 20 heavy (non-hydrogen) atoms. The highest BCUT2D eigenvalue weighted by Crippen LogP contribution is 2.28. The summed E-state index contributed by atoms with van der Waals surface area (Å²) < 4.78 is 0. The maximum atomic E-state index is 9.96. The van der Waals surface area contributed by atoms with Crippen LogP contribution in [0.5, 0.6) is 0 Å². The van der Waals surface area contributed by atoms with Crippen LogP contribution in [0.3, 0.4) is 0 Å². The number of rotatable bonds is 5. The first-order valence-corrected chi connectivity index (χ1v) is 7.66. The molecule has 1 rings (SSSR count). The number of aliphatic hydroxyl groups is 3. The fraction of sp³-hybridized carbons (Fsp3) is 0.765. The summed E-state index contributed by atoms with van der Waals surface area (Å²) in [4.78, 5) is 0. The molecule has 3 nitrogen and oxygen atoms in total. The van der Waals surface area contributed by atoms with E-state index in [4.69, 9.17) is 0 Å². The standard InChI is InChI=1S/C17H26O3/c1-2-15(18)11-7-4-8-12-16(19)17(20)13-14-9-5-3-6-10-14/h14-20H,2-3,5-6,9-10,12-13H2,1H3. The largest absolute Gasteiger partial charge is 0.390 e. The molecule has 1 saturated carbocycles. The van der Waals surface area contributed by atoms with Crippen LogP contribution >= 0.6 is 0 Å². The smallest absolute Gasteiger partial charge is 0.115 e. The Morgan fingerprint density at radius 2 is 1.70 bits per heavy atom. The van der Waals surface area contributed by atoms with Crippen LogP contribution in [-0.4, -0.2) is 33.6 Å². The van der Waals surface area contributed by atoms with Gasteiger partial charge in [0.15, 0.2) is 0 Å². The number of hydrogen-bond donors (Lipinski definition) is 3. The predicted molar refractivity (Wildman–Crippen MR) is 79.7 cm³/mol. The minimum absolute atomic E-state index is 0.227. The zero-order chi connectivity index (χ0) is 14.8. The average molecular weight is 278 g/mol. The maximum Gasteiger partial charge on any atom is 0.115 e. The fourth-order valence-corrected chi connectivity index (χ4v) is 2.48. The van der Waals surface area contributed by atoms with E-state index in [-0.39, 0.29) is 6.42 Å². The number of hydrogen-bond acceptors (Lipinski definition) is 3. The monoisotopic (exact) mass is 278 g/mol. The summed E-state index contributed by atoms with van der Waals surface area (Å²) >= 11 is 0. The normalized spacial score (nSPS) is 20.0. The van der Waals surface area contributed by atoms with Crippen molar-refractivity contribution in [1.82, 2.24) is 0 Å². The summed E-state index contributed by atoms with van der Waals surface area (Å²) in [5, 5.41) is 29.0. The topological polar surface area (TPSA) is 60.7 Å². The molecule has 3 heteroatoms. The van der Waals surface area contributed by atoms with E-state index in [1.807, 2.05) is 6.92 Å². The van der Waals surface area contributed by atoms with Crippen LogP contribution in [0.1, 0.15) is 58.3 Å². The lowest BCUT2D eigenvalue weighted by Gasteiger charge is -2.25. The van der Waals surface area contributed by atoms with Crippen molar-refractivity contribution in [1.29, 1.82) is 0 Å². The van der Waals surface area contributed by atoms with Gasteiger partial charge in [0.05, 0.1) is 12.2 Å². The van der Waals surface area contributed by atoms with Crippen molar-refractivity contribution >= 4 is 0 Å². The van der Waals surface area contributed by atoms with Gasteiger partial charge < -0.3 is 15.3 Å². The highest BCUT2D eigenvalue weighted by atomic mass is 16.3. The van der Waals surface area contributed by atoms with E-state index < -0.39 is 18.3 Å². The van der Waals surface area contributed by atoms with E-state index in [2.05, 4.69) is 23.7 Å². The van der Waals surface area contributed by atoms with E-state index in [1.54, 1.807) is 0 Å². The van der Waals surface area contributed by atoms with Crippen LogP contribution in [-0.2, 0) is 0 Å². The lowest BCUT2D eigenvalue weighted by molar-refractivity contribution is 0.00479. The molecular formula is C17H26O3. The molecular weight excluding hydrogens is 252 g/mol. The molecule has 0 aromatic rings. The second-order valence-electron chi connectivity index (χ2n) is 5.57. The molecule has 0 spiro atoms. The quantitative estimate of drug-likeness (QED) is 0.673. The van der Waals surface area contributed by atoms with Crippen molar-refractivity contribution in [3.8, 4) is 23.7 Å². The van der Waals surface area contributed by atoms with Crippen LogP contribution < -0.4 is 0 Å². The van der Waals surface area contributed by atoms with Gasteiger partial charge in [0.2, 0.25) is 0 Å². The molecule has 0 radical (unpaired) electrons. The summed E-state index contributed by atoms with van der Waals surface area (Å²) in [5.41, 5.74) is 0. The van der Waals surface area contributed by atoms with E-state index in [0.717, 1.165) is 12.8 Å². The molecule has 112 valence electrons. The Kier molecular flexibility index (Phi) is 8.38. The summed E-state index contributed by atoms with van der Waals surface area (Å²) in [6.45, 7) is 1.85. The highest BCUT2D eigenvalue weighted by Gasteiger charge is 2.21. The van der Waals surface area contributed by atoms with Gasteiger partial charge in [-0.05, 0) is 30.6 Å². The minimum atomic E-state index is -0.803. The average Bonchev–Trinajstić information content (AvgIpc) is 2.47. The van der Waals surface area contributed by atoms with Gasteiger partial charge in [-0.2, -0.15) is 0 Å². The van der Waals surface area contributed by atoms with E-state index in [0.29, 0.717) is 18.8 Å². The second kappa shape index (κ2) is 9.83. The Morgan fingerprint density at radius 1 is 1.00 bits per heavy atom. The van der Waals surface area contributed by atoms with Gasteiger partial charge in [0, 0.05) is 6.42 Å². The maximum absolute atomic E-state index is 9.96. The summed E-state index contributed by atoms with van der Waals surface area (Å²) in [5.74, 6) is 11.0. The van der Waals surface area contributed by atoms with Crippen molar-refractivity contribution in [3.63, 3.8) is 0 Å². The van der Waals surface area contributed by atoms with Crippen molar-refractivity contribution in [2.24, 2.45) is 5.92 Å². The second-order valence-corrected chi connectivity index (χ2v) is 5.57. The van der Waals surface area contributed by atoms with E-state index >= 15 is 0 Å². The first kappa shape index (κ1) is 17.1. The van der Waals surface area contributed by atoms with Gasteiger partial charge in [0.25, 0.3) is 0 Å². The molecule has 0 aromatic carbocycles. The molecule has 0 aliphatic heterocycles. The van der Waals surface area contributed by atoms with Crippen LogP contribution in [0.15, 0.2) is 0 Å². The third-order valence-corrected chi connectivity index (χ3v) is 3.83. The van der Waals surface area contributed by atoms with E-state index in [1.165, 1.54) is 19.3 Å². The van der Waals surface area contributed by atoms with Crippen LogP contribution in [0.2, 0.25) is 0 Å². The Balaban J connectivity index is 2.28. The van der Waals surface area contributed by atoms with Gasteiger partial charge in [-0.1, -0.05) is 50.9 Å². The van der Waals surface area contributed by atoms with Gasteiger partial charge in [0.1, 0.15) is 6.10 Å². The Morgan fingerprint density at radius 3 is 2.35 bits per heavy atom. The van der Waals surface area contributed by atoms with Crippen LogP contribution in [0, 0.1) is 29.6 Å². The molecule has 1 aliphatic rings. The van der Waals surface area contributed by atoms with Gasteiger partial charge in [-0.3, -0.25) is 0 Å². The lowest BCUT2D eigenvalue weighted by Crippen LogP contribution is -2.28. The molecule has 0 saturated heterocycles. The zero-order valence-electron chi connectivity index (χ0n) is 12.3. The first-order valence-electron chi connectivity index (χ1n) is 7.66. The summed E-state index contributed by atoms with van der Waals surface area (Å²) in [6.07, 6.45) is 5.44. The molecule has 0 bridgehead atoms. The Hall–Kier alpha value is -1.00. The van der Waals surface area contributed by atoms with Crippen molar-refractivity contribution in [3.05, 3.63) is 0 Å². The lowest BCUT2D eigenvalue weighted by atomic mass is 9.84. The molecule has 3 N–H and O–H groups in total. The third-order valence-electron chi connectivity index (χ3n) is 3.83. The molecule has 1 fully saturated rings. The Labute approximate surface area is 122 Å². The van der Waals surface area contributed by atoms with Gasteiger partial charge in [-0.25, -0.2) is 0 Å². The summed E-state index contributed by atoms with van der Waals surface area (Å²) in [7, 11) is 0. The van der Waals surface area contributed by atoms with E-state index in [9.17, 15) is 15.3 Å². The number of aliphatic hydroxyl groups excluding tert-OH is 3. The zero-order valence-corrected chi connectivity index (χ0v) is 12.3. The predicted octanol–water partition coefficient (Wildman–Crippen LogP) is 1.85. The van der Waals surface area contributed by atoms with Crippen molar-refractivity contribution < 1.29 is 15.3 Å². The van der Waals surface area contributed by atoms with Crippen molar-refractivity contribution in [2.45, 2.75) is 76.6 Å². The van der Waals surface area contributed by atoms with Crippen LogP contribution in [0.4, 0.5) is 0 Å². The minimum Gasteiger partial charge on any atom is -0.390 e. The van der Waals surface area contributed by atoms with Gasteiger partial charge >= 0.3 is 0 Å². The van der Waals surface area contributed by atoms with Crippen molar-refractivity contribution in [2.75, 3.05) is 0 Å². The molecule has 0 amide bonds. The molecule has 3 unspecified atom stereocenters. The SMILES string of the molecule is CCC(O)C#CC#CCC(O)C(O)CC1CCCCC1. The molecule has 0 aromatic heterocycles. The van der Waals surface area contributed by atoms with Gasteiger partial charge in [-0.15, -0.1) is 0 Å². The molecule has 3 atom stereocenters. The fourth-order valence-electron chi connectivity index (χ4n) is 2.48. The highest BCUT2D eigenvalue weighted by molar-refractivity contribution is 5.27.